The third kappa shape index (κ3) is 15.8. The van der Waals surface area contributed by atoms with Crippen molar-refractivity contribution < 1.29 is 54.0 Å². The van der Waals surface area contributed by atoms with Crippen LogP contribution in [0.3, 0.4) is 0 Å². The molecule has 5 aliphatic heterocycles. The Morgan fingerprint density at radius 3 is 1.00 bits per heavy atom. The van der Waals surface area contributed by atoms with Gasteiger partial charge in [0, 0.05) is 126 Å². The molecule has 11 rings (SSSR count). The topological polar surface area (TPSA) is 261 Å². The number of nitrogens with two attached hydrogens (primary N) is 1. The van der Waals surface area contributed by atoms with Gasteiger partial charge in [-0.15, -0.1) is 0 Å². The zero-order valence-corrected chi connectivity index (χ0v) is 53.2. The minimum Gasteiger partial charge on any atom is -0.479 e. The molecule has 22 nitrogen and oxygen atoms in total. The maximum atomic E-state index is 12.9. The fraction of sp³-hybridized carbons (Fsp3) is 0.864. The summed E-state index contributed by atoms with van der Waals surface area (Å²) >= 11 is 0. The Labute approximate surface area is 524 Å². The van der Waals surface area contributed by atoms with Gasteiger partial charge in [0.05, 0.1) is 0 Å². The van der Waals surface area contributed by atoms with E-state index in [1.54, 1.807) is 14.7 Å². The first-order chi connectivity index (χ1) is 41.3. The van der Waals surface area contributed by atoms with E-state index in [2.05, 4.69) is 9.69 Å². The molecule has 6 aliphatic carbocycles. The Hall–Kier alpha value is -5.45. The number of hydrogen-bond donors (Lipinski definition) is 5. The number of carbonyl (C=O) groups is 7. The van der Waals surface area contributed by atoms with Gasteiger partial charge in [-0.05, 0) is 167 Å². The van der Waals surface area contributed by atoms with Crippen molar-refractivity contribution in [2.45, 2.75) is 204 Å². The average molecular weight is 1230 g/mol. The van der Waals surface area contributed by atoms with E-state index in [1.165, 1.54) is 103 Å². The number of carboxylic acid groups (broad SMARTS) is 2. The van der Waals surface area contributed by atoms with Crippen LogP contribution < -0.4 is 5.73 Å². The minimum atomic E-state index is -2.27. The third-order valence-corrected chi connectivity index (χ3v) is 23.1. The van der Waals surface area contributed by atoms with Gasteiger partial charge in [0.2, 0.25) is 11.8 Å². The molecule has 0 aromatic heterocycles. The van der Waals surface area contributed by atoms with E-state index >= 15 is 0 Å². The molecule has 0 radical (unpaired) electrons. The van der Waals surface area contributed by atoms with Crippen molar-refractivity contribution >= 4 is 41.8 Å². The third-order valence-electron chi connectivity index (χ3n) is 23.1. The van der Waals surface area contributed by atoms with Gasteiger partial charge in [-0.2, -0.15) is 0 Å². The van der Waals surface area contributed by atoms with Crippen LogP contribution in [0.25, 0.3) is 9.69 Å². The molecule has 13 atom stereocenters. The predicted molar refractivity (Wildman–Crippen MR) is 333 cm³/mol. The first-order valence-electron chi connectivity index (χ1n) is 33.1. The molecule has 22 heteroatoms. The van der Waals surface area contributed by atoms with Crippen LogP contribution in [-0.4, -0.2) is 226 Å². The molecule has 11 fully saturated rings. The number of carbonyl (C=O) groups excluding carboxylic acids is 5. The summed E-state index contributed by atoms with van der Waals surface area (Å²) in [5, 5.41) is 32.5. The molecule has 0 aromatic carbocycles. The number of urea groups is 3. The number of hydrogen-bond acceptors (Lipinski definition) is 10. The van der Waals surface area contributed by atoms with Gasteiger partial charge in [-0.25, -0.2) is 37.1 Å². The first-order valence-corrected chi connectivity index (χ1v) is 33.1. The van der Waals surface area contributed by atoms with E-state index in [0.717, 1.165) is 121 Å². The van der Waals surface area contributed by atoms with Gasteiger partial charge in [0.15, 0.2) is 12.2 Å². The Balaban J connectivity index is 0.000000177. The Kier molecular flexibility index (Phi) is 24.0. The number of aliphatic hydroxyl groups excluding tert-OH is 2. The van der Waals surface area contributed by atoms with Gasteiger partial charge in [0.25, 0.3) is 0 Å². The summed E-state index contributed by atoms with van der Waals surface area (Å²) in [6.45, 7) is 21.6. The second-order valence-corrected chi connectivity index (χ2v) is 29.2. The molecular formula is C66H109N11O11. The summed E-state index contributed by atoms with van der Waals surface area (Å²) in [5.41, 5.74) is 7.36. The molecule has 8 amide bonds. The number of carboxylic acids is 2. The maximum Gasteiger partial charge on any atom is 0.335 e. The molecule has 88 heavy (non-hydrogen) atoms. The first kappa shape index (κ1) is 70.0. The molecule has 5 unspecified atom stereocenters. The smallest absolute Gasteiger partial charge is 0.335 e. The SMILES string of the molecule is C.CN(C)C(=O)N1C[C@@H]2CC(N)(C3CCCC3)C[C@@H]2C1.O=C(O)C(O)C(O)C(=O)O.[C-]#[N+][C@@H]1CCCN1C(=O)CCC1(C2CCCC2)C[C@H]2CN(C(=O)N(C)C)C[C@H]2C1.[C-]#[N+][C@@H]1CCCN1C(=O)CCC1(C2CCCC2)C[C@H]2CN(C(=O)N(C)C)C[C@H]2C1. The van der Waals surface area contributed by atoms with E-state index in [9.17, 15) is 33.6 Å². The highest BCUT2D eigenvalue weighted by molar-refractivity contribution is 5.83. The Morgan fingerprint density at radius 1 is 0.466 bits per heavy atom. The van der Waals surface area contributed by atoms with Crippen molar-refractivity contribution in [3.05, 3.63) is 22.8 Å². The predicted octanol–water partition coefficient (Wildman–Crippen LogP) is 8.08. The van der Waals surface area contributed by atoms with Gasteiger partial charge < -0.3 is 55.6 Å². The normalized spacial score (nSPS) is 32.9. The lowest BCUT2D eigenvalue weighted by Crippen LogP contribution is -2.46. The highest BCUT2D eigenvalue weighted by atomic mass is 16.4. The van der Waals surface area contributed by atoms with Gasteiger partial charge in [-0.3, -0.25) is 29.1 Å². The molecule has 5 saturated heterocycles. The second kappa shape index (κ2) is 30.1. The van der Waals surface area contributed by atoms with Crippen LogP contribution in [0.15, 0.2) is 0 Å². The maximum absolute atomic E-state index is 12.9. The van der Waals surface area contributed by atoms with Crippen LogP contribution >= 0.6 is 0 Å². The lowest BCUT2D eigenvalue weighted by Gasteiger charge is -2.38. The van der Waals surface area contributed by atoms with E-state index < -0.39 is 24.1 Å². The fourth-order valence-electron chi connectivity index (χ4n) is 18.8. The molecule has 0 spiro atoms. The van der Waals surface area contributed by atoms with Crippen LogP contribution in [0.5, 0.6) is 0 Å². The number of aliphatic carboxylic acids is 2. The number of aliphatic hydroxyl groups is 2. The van der Waals surface area contributed by atoms with E-state index in [1.807, 2.05) is 66.8 Å². The zero-order chi connectivity index (χ0) is 63.1. The number of nitrogens with zero attached hydrogens (tertiary/aromatic N) is 10. The lowest BCUT2D eigenvalue weighted by atomic mass is 9.69. The summed E-state index contributed by atoms with van der Waals surface area (Å²) in [6.07, 6.45) is 24.7. The summed E-state index contributed by atoms with van der Waals surface area (Å²) in [6, 6.07) is 0.443. The van der Waals surface area contributed by atoms with Crippen LogP contribution in [-0.2, 0) is 19.2 Å². The summed E-state index contributed by atoms with van der Waals surface area (Å²) in [4.78, 5) is 104. The number of likely N-dealkylation sites (tertiary alicyclic amines) is 5. The van der Waals surface area contributed by atoms with Crippen molar-refractivity contribution in [2.24, 2.45) is 69.8 Å². The number of fused-ring (bicyclic) bond motifs is 3. The van der Waals surface area contributed by atoms with Crippen molar-refractivity contribution in [1.82, 2.24) is 39.2 Å². The monoisotopic (exact) mass is 1230 g/mol. The molecule has 494 valence electrons. The van der Waals surface area contributed by atoms with Crippen molar-refractivity contribution in [3.8, 4) is 0 Å². The standard InChI is InChI=1S/2C23H36N4O2.C15H27N3O.C4H6O6.CH4/c2*1-24-20-9-6-12-27(20)21(28)10-11-23(19-7-4-5-8-19)13-17-15-26(16-18(17)14-23)22(29)25(2)3;1-17(2)14(19)18-9-11-7-15(16,8-12(11)10-18)13-5-3-4-6-13;5-1(3(7)8)2(6)4(9)10;/h2*17-20H,4-16H2,2-3H3;11-13H,3-10,16H2,1-2H3;1-2,5-6H,(H,7,8)(H,9,10);1H4/t2*17-,18+,20-,23?;11-,12+,15?;;/m00.../s1. The number of amides is 8. The van der Waals surface area contributed by atoms with Gasteiger partial charge >= 0.3 is 42.4 Å². The van der Waals surface area contributed by atoms with Crippen LogP contribution in [0.2, 0.25) is 0 Å². The molecule has 6 saturated carbocycles. The second-order valence-electron chi connectivity index (χ2n) is 29.2. The summed E-state index contributed by atoms with van der Waals surface area (Å²) in [5.74, 6) is 2.77. The van der Waals surface area contributed by atoms with E-state index in [-0.39, 0.29) is 66.0 Å². The van der Waals surface area contributed by atoms with E-state index in [0.29, 0.717) is 48.3 Å². The molecule has 6 N–H and O–H groups in total. The molecule has 5 heterocycles. The van der Waals surface area contributed by atoms with Crippen molar-refractivity contribution in [3.63, 3.8) is 0 Å². The lowest BCUT2D eigenvalue weighted by molar-refractivity contribution is -0.165. The minimum absolute atomic E-state index is 0. The fourth-order valence-corrected chi connectivity index (χ4v) is 18.8. The Morgan fingerprint density at radius 2 is 0.739 bits per heavy atom. The highest BCUT2D eigenvalue weighted by Crippen LogP contribution is 2.61. The molecule has 11 aliphatic rings. The van der Waals surface area contributed by atoms with Gasteiger partial charge in [0.1, 0.15) is 0 Å². The average Bonchev–Trinajstić information content (AvgIpc) is 1.79. The van der Waals surface area contributed by atoms with Crippen LogP contribution in [0.1, 0.15) is 174 Å². The van der Waals surface area contributed by atoms with Crippen molar-refractivity contribution in [1.29, 1.82) is 0 Å². The Bertz CT molecular complexity index is 2340. The van der Waals surface area contributed by atoms with Crippen molar-refractivity contribution in [2.75, 3.05) is 94.6 Å². The highest BCUT2D eigenvalue weighted by Gasteiger charge is 2.56. The van der Waals surface area contributed by atoms with Gasteiger partial charge in [-0.1, -0.05) is 46.0 Å². The molecule has 0 bridgehead atoms. The summed E-state index contributed by atoms with van der Waals surface area (Å²) in [7, 11) is 11.0. The quantitative estimate of drug-likeness (QED) is 0.116. The van der Waals surface area contributed by atoms with E-state index in [4.69, 9.17) is 39.3 Å². The van der Waals surface area contributed by atoms with Crippen LogP contribution in [0, 0.1) is 77.2 Å². The largest absolute Gasteiger partial charge is 0.479 e. The summed E-state index contributed by atoms with van der Waals surface area (Å²) < 4.78 is 0. The zero-order valence-electron chi connectivity index (χ0n) is 53.2. The van der Waals surface area contributed by atoms with Crippen LogP contribution in [0.4, 0.5) is 14.4 Å². The molecular weight excluding hydrogens is 1120 g/mol. The molecule has 0 aromatic rings. The number of rotatable bonds is 12.